The quantitative estimate of drug-likeness (QED) is 0.802. The van der Waals surface area contributed by atoms with Gasteiger partial charge in [0.25, 0.3) is 0 Å². The highest BCUT2D eigenvalue weighted by atomic mass is 32.2. The van der Waals surface area contributed by atoms with Crippen molar-refractivity contribution in [2.45, 2.75) is 25.1 Å². The second-order valence-corrected chi connectivity index (χ2v) is 8.71. The fraction of sp³-hybridized carbons (Fsp3) is 0.692. The Kier molecular flexibility index (Phi) is 5.47. The first kappa shape index (κ1) is 20.1. The van der Waals surface area contributed by atoms with Gasteiger partial charge in [0.15, 0.2) is 0 Å². The van der Waals surface area contributed by atoms with Crippen molar-refractivity contribution in [1.82, 2.24) is 14.2 Å². The first-order valence-corrected chi connectivity index (χ1v) is 10.0. The van der Waals surface area contributed by atoms with Crippen LogP contribution in [-0.2, 0) is 20.4 Å². The lowest BCUT2D eigenvalue weighted by Gasteiger charge is -2.35. The van der Waals surface area contributed by atoms with E-state index in [4.69, 9.17) is 0 Å². The van der Waals surface area contributed by atoms with Crippen LogP contribution in [0.15, 0.2) is 5.38 Å². The molecule has 0 bridgehead atoms. The van der Waals surface area contributed by atoms with Crippen molar-refractivity contribution in [1.29, 1.82) is 0 Å². The maximum atomic E-state index is 13.4. The number of halogens is 3. The largest absolute Gasteiger partial charge is 0.424 e. The average Bonchev–Trinajstić information content (AvgIpc) is 2.92. The number of hydrogen-bond acceptors (Lipinski definition) is 6. The predicted octanol–water partition coefficient (Wildman–Crippen LogP) is 0.695. The molecule has 1 aromatic rings. The van der Waals surface area contributed by atoms with Crippen LogP contribution in [0, 0.1) is 6.92 Å². The average molecular weight is 401 g/mol. The molecule has 25 heavy (non-hydrogen) atoms. The van der Waals surface area contributed by atoms with E-state index in [-0.39, 0.29) is 26.2 Å². The van der Waals surface area contributed by atoms with Crippen LogP contribution in [0.5, 0.6) is 0 Å². The number of thiazole rings is 1. The Bertz CT molecular complexity index is 742. The number of aliphatic hydroxyl groups is 1. The second kappa shape index (κ2) is 6.82. The minimum absolute atomic E-state index is 0.00534. The summed E-state index contributed by atoms with van der Waals surface area (Å²) in [5, 5.41) is 11.0. The molecule has 1 fully saturated rings. The monoisotopic (exact) mass is 401 g/mol. The van der Waals surface area contributed by atoms with Gasteiger partial charge >= 0.3 is 6.18 Å². The second-order valence-electron chi connectivity index (χ2n) is 5.87. The van der Waals surface area contributed by atoms with Crippen LogP contribution in [0.2, 0.25) is 0 Å². The van der Waals surface area contributed by atoms with Gasteiger partial charge in [-0.25, -0.2) is 13.4 Å². The van der Waals surface area contributed by atoms with Gasteiger partial charge in [-0.3, -0.25) is 4.79 Å². The number of sulfonamides is 1. The molecule has 7 nitrogen and oxygen atoms in total. The van der Waals surface area contributed by atoms with Crippen molar-refractivity contribution in [2.75, 3.05) is 32.4 Å². The first-order chi connectivity index (χ1) is 11.3. The molecule has 1 aromatic heterocycles. The SMILES string of the molecule is Cc1csc(C(O)(CC(=O)N2CCN(S(C)(=O)=O)CC2)C(F)(F)F)n1. The lowest BCUT2D eigenvalue weighted by atomic mass is 9.98. The summed E-state index contributed by atoms with van der Waals surface area (Å²) in [5.74, 6) is -0.902. The molecule has 1 saturated heterocycles. The van der Waals surface area contributed by atoms with Gasteiger partial charge in [0.2, 0.25) is 21.5 Å². The van der Waals surface area contributed by atoms with Gasteiger partial charge in [-0.05, 0) is 6.92 Å². The summed E-state index contributed by atoms with van der Waals surface area (Å²) in [4.78, 5) is 17.1. The molecule has 1 unspecified atom stereocenters. The van der Waals surface area contributed by atoms with E-state index in [2.05, 4.69) is 4.98 Å². The Hall–Kier alpha value is -1.24. The number of amides is 1. The summed E-state index contributed by atoms with van der Waals surface area (Å²) >= 11 is 0.636. The van der Waals surface area contributed by atoms with Crippen LogP contribution >= 0.6 is 11.3 Å². The van der Waals surface area contributed by atoms with Crippen molar-refractivity contribution < 1.29 is 31.5 Å². The molecule has 142 valence electrons. The topological polar surface area (TPSA) is 90.8 Å². The maximum absolute atomic E-state index is 13.4. The van der Waals surface area contributed by atoms with Crippen LogP contribution in [0.3, 0.4) is 0 Å². The number of aromatic nitrogens is 1. The van der Waals surface area contributed by atoms with Crippen LogP contribution in [0.25, 0.3) is 0 Å². The third-order valence-electron chi connectivity index (χ3n) is 3.91. The highest BCUT2D eigenvalue weighted by Gasteiger charge is 2.58. The molecule has 1 amide bonds. The van der Waals surface area contributed by atoms with E-state index in [9.17, 15) is 31.5 Å². The van der Waals surface area contributed by atoms with Crippen molar-refractivity contribution >= 4 is 27.3 Å². The zero-order valence-corrected chi connectivity index (χ0v) is 15.2. The highest BCUT2D eigenvalue weighted by Crippen LogP contribution is 2.43. The van der Waals surface area contributed by atoms with Gasteiger partial charge in [0.1, 0.15) is 5.01 Å². The Morgan fingerprint density at radius 1 is 1.32 bits per heavy atom. The number of aryl methyl sites for hydroxylation is 1. The van der Waals surface area contributed by atoms with Crippen molar-refractivity contribution in [3.8, 4) is 0 Å². The number of carbonyl (C=O) groups excluding carboxylic acids is 1. The normalized spacial score (nSPS) is 19.7. The summed E-state index contributed by atoms with van der Waals surface area (Å²) in [6, 6.07) is 0. The number of rotatable bonds is 4. The van der Waals surface area contributed by atoms with E-state index < -0.39 is 39.1 Å². The smallest absolute Gasteiger partial charge is 0.374 e. The highest BCUT2D eigenvalue weighted by molar-refractivity contribution is 7.88. The number of hydrogen-bond donors (Lipinski definition) is 1. The van der Waals surface area contributed by atoms with E-state index in [1.54, 1.807) is 0 Å². The standard InChI is InChI=1S/C13H18F3N3O4S2/c1-9-8-24-11(17-9)12(21,13(14,15)16)7-10(20)18-3-5-19(6-4-18)25(2,22)23/h8,21H,3-7H2,1-2H3. The van der Waals surface area contributed by atoms with Crippen molar-refractivity contribution in [3.63, 3.8) is 0 Å². The molecule has 0 radical (unpaired) electrons. The molecule has 1 N–H and O–H groups in total. The molecule has 0 aliphatic carbocycles. The van der Waals surface area contributed by atoms with Crippen LogP contribution in [0.1, 0.15) is 17.1 Å². The van der Waals surface area contributed by atoms with Gasteiger partial charge < -0.3 is 10.0 Å². The number of carbonyl (C=O) groups is 1. The van der Waals surface area contributed by atoms with Gasteiger partial charge in [-0.1, -0.05) is 0 Å². The van der Waals surface area contributed by atoms with Gasteiger partial charge in [-0.15, -0.1) is 11.3 Å². The number of nitrogens with zero attached hydrogens (tertiary/aromatic N) is 3. The Labute approximate surface area is 147 Å². The lowest BCUT2D eigenvalue weighted by Crippen LogP contribution is -2.53. The molecule has 2 rings (SSSR count). The van der Waals surface area contributed by atoms with E-state index in [1.807, 2.05) is 0 Å². The fourth-order valence-corrected chi connectivity index (χ4v) is 4.18. The molecule has 1 aliphatic heterocycles. The lowest BCUT2D eigenvalue weighted by molar-refractivity contribution is -0.268. The summed E-state index contributed by atoms with van der Waals surface area (Å²) in [6.45, 7) is 1.44. The summed E-state index contributed by atoms with van der Waals surface area (Å²) in [7, 11) is -3.42. The van der Waals surface area contributed by atoms with Crippen LogP contribution < -0.4 is 0 Å². The minimum atomic E-state index is -5.07. The molecule has 0 spiro atoms. The molecule has 0 aromatic carbocycles. The molecule has 0 saturated carbocycles. The van der Waals surface area contributed by atoms with Crippen LogP contribution in [-0.4, -0.2) is 72.2 Å². The third kappa shape index (κ3) is 4.30. The van der Waals surface area contributed by atoms with Crippen molar-refractivity contribution in [2.24, 2.45) is 0 Å². The van der Waals surface area contributed by atoms with Gasteiger partial charge in [0.05, 0.1) is 12.7 Å². The summed E-state index contributed by atoms with van der Waals surface area (Å²) < 4.78 is 64.2. The molecule has 12 heteroatoms. The number of piperazine rings is 1. The third-order valence-corrected chi connectivity index (χ3v) is 6.32. The van der Waals surface area contributed by atoms with Gasteiger partial charge in [-0.2, -0.15) is 17.5 Å². The zero-order valence-electron chi connectivity index (χ0n) is 13.6. The van der Waals surface area contributed by atoms with E-state index in [0.717, 1.165) is 15.5 Å². The van der Waals surface area contributed by atoms with E-state index in [1.165, 1.54) is 12.3 Å². The summed E-state index contributed by atoms with van der Waals surface area (Å²) in [5.41, 5.74) is -3.05. The Morgan fingerprint density at radius 3 is 2.28 bits per heavy atom. The fourth-order valence-electron chi connectivity index (χ4n) is 2.44. The zero-order chi connectivity index (χ0) is 19.0. The number of alkyl halides is 3. The Balaban J connectivity index is 2.14. The van der Waals surface area contributed by atoms with Crippen molar-refractivity contribution in [3.05, 3.63) is 16.1 Å². The van der Waals surface area contributed by atoms with Gasteiger partial charge in [0, 0.05) is 37.3 Å². The van der Waals surface area contributed by atoms with E-state index in [0.29, 0.717) is 17.0 Å². The summed E-state index contributed by atoms with van der Waals surface area (Å²) in [6.07, 6.45) is -5.23. The first-order valence-electron chi connectivity index (χ1n) is 7.29. The Morgan fingerprint density at radius 2 is 1.88 bits per heavy atom. The molecule has 2 heterocycles. The molecular weight excluding hydrogens is 383 g/mol. The maximum Gasteiger partial charge on any atom is 0.424 e. The van der Waals surface area contributed by atoms with Crippen LogP contribution in [0.4, 0.5) is 13.2 Å². The molecular formula is C13H18F3N3O4S2. The molecule has 1 aliphatic rings. The van der Waals surface area contributed by atoms with E-state index >= 15 is 0 Å². The predicted molar refractivity (Wildman–Crippen MR) is 84.4 cm³/mol. The molecule has 1 atom stereocenters. The minimum Gasteiger partial charge on any atom is -0.374 e.